The monoisotopic (exact) mass is 514 g/mol. The molecule has 0 saturated heterocycles. The van der Waals surface area contributed by atoms with Crippen molar-refractivity contribution in [2.75, 3.05) is 31.0 Å². The average molecular weight is 515 g/mol. The van der Waals surface area contributed by atoms with Crippen LogP contribution in [0.2, 0.25) is 0 Å². The molecule has 0 radical (unpaired) electrons. The normalized spacial score (nSPS) is 11.3. The van der Waals surface area contributed by atoms with Crippen molar-refractivity contribution in [2.45, 2.75) is 26.2 Å². The lowest BCUT2D eigenvalue weighted by molar-refractivity contribution is -0.111. The molecule has 0 saturated carbocycles. The van der Waals surface area contributed by atoms with Crippen LogP contribution in [-0.2, 0) is 14.9 Å². The van der Waals surface area contributed by atoms with Gasteiger partial charge in [0, 0.05) is 23.9 Å². The van der Waals surface area contributed by atoms with E-state index in [0.29, 0.717) is 53.1 Å². The van der Waals surface area contributed by atoms with Crippen LogP contribution in [0.25, 0.3) is 16.9 Å². The van der Waals surface area contributed by atoms with Crippen LogP contribution in [0.3, 0.4) is 0 Å². The fourth-order valence-corrected chi connectivity index (χ4v) is 3.69. The van der Waals surface area contributed by atoms with Gasteiger partial charge in [-0.25, -0.2) is 9.97 Å². The summed E-state index contributed by atoms with van der Waals surface area (Å²) in [4.78, 5) is 39.3. The highest BCUT2D eigenvalue weighted by atomic mass is 16.5. The molecule has 0 fully saturated rings. The first-order chi connectivity index (χ1) is 18.2. The van der Waals surface area contributed by atoms with E-state index in [-0.39, 0.29) is 11.5 Å². The second kappa shape index (κ2) is 11.2. The van der Waals surface area contributed by atoms with E-state index in [0.717, 1.165) is 5.69 Å². The molecule has 10 nitrogen and oxygen atoms in total. The Morgan fingerprint density at radius 3 is 2.53 bits per heavy atom. The van der Waals surface area contributed by atoms with Crippen molar-refractivity contribution in [3.05, 3.63) is 83.4 Å². The van der Waals surface area contributed by atoms with Gasteiger partial charge < -0.3 is 20.1 Å². The zero-order valence-electron chi connectivity index (χ0n) is 21.8. The van der Waals surface area contributed by atoms with Crippen molar-refractivity contribution < 1.29 is 14.3 Å². The highest BCUT2D eigenvalue weighted by Gasteiger charge is 2.24. The zero-order valence-corrected chi connectivity index (χ0v) is 21.8. The van der Waals surface area contributed by atoms with Crippen molar-refractivity contribution in [2.24, 2.45) is 0 Å². The van der Waals surface area contributed by atoms with Crippen LogP contribution < -0.4 is 20.9 Å². The lowest BCUT2D eigenvalue weighted by Crippen LogP contribution is -2.32. The van der Waals surface area contributed by atoms with E-state index in [1.807, 2.05) is 45.0 Å². The molecule has 2 aromatic carbocycles. The number of carbonyl (C=O) groups is 1. The van der Waals surface area contributed by atoms with E-state index in [9.17, 15) is 9.59 Å². The molecule has 2 aromatic heterocycles. The lowest BCUT2D eigenvalue weighted by Gasteiger charge is -2.20. The van der Waals surface area contributed by atoms with E-state index in [4.69, 9.17) is 9.47 Å². The number of nitrogens with zero attached hydrogens (tertiary/aromatic N) is 4. The maximum atomic E-state index is 13.7. The van der Waals surface area contributed by atoms with Crippen molar-refractivity contribution in [1.82, 2.24) is 19.5 Å². The summed E-state index contributed by atoms with van der Waals surface area (Å²) < 4.78 is 12.1. The van der Waals surface area contributed by atoms with E-state index in [2.05, 4.69) is 32.2 Å². The summed E-state index contributed by atoms with van der Waals surface area (Å²) in [6.45, 7) is 10.2. The van der Waals surface area contributed by atoms with Gasteiger partial charge in [-0.1, -0.05) is 33.4 Å². The van der Waals surface area contributed by atoms with Gasteiger partial charge in [-0.15, -0.1) is 0 Å². The average Bonchev–Trinajstić information content (AvgIpc) is 2.89. The fourth-order valence-electron chi connectivity index (χ4n) is 3.69. The minimum Gasteiger partial charge on any atom is -0.491 e. The number of ether oxygens (including phenoxy) is 2. The topological polar surface area (TPSA) is 120 Å². The molecule has 2 N–H and O–H groups in total. The number of methoxy groups -OCH3 is 1. The van der Waals surface area contributed by atoms with Gasteiger partial charge in [-0.05, 0) is 48.5 Å². The Kier molecular flexibility index (Phi) is 7.82. The largest absolute Gasteiger partial charge is 0.491 e. The molecule has 4 aromatic rings. The molecule has 0 bridgehead atoms. The van der Waals surface area contributed by atoms with E-state index < -0.39 is 5.41 Å². The van der Waals surface area contributed by atoms with Gasteiger partial charge in [0.1, 0.15) is 23.6 Å². The predicted molar refractivity (Wildman–Crippen MR) is 148 cm³/mol. The SMILES string of the molecule is C=CC(=O)Nc1cccc(-n2c(=O)c(C(C)(C)C)nc3cnc(Nc4ccc(OCCOC)cc4)nc32)c1. The third kappa shape index (κ3) is 6.04. The highest BCUT2D eigenvalue weighted by molar-refractivity contribution is 5.99. The molecule has 0 aliphatic heterocycles. The molecule has 0 aliphatic rings. The molecule has 0 atom stereocenters. The minimum atomic E-state index is -0.522. The Labute approximate surface area is 220 Å². The Bertz CT molecular complexity index is 1520. The number of amides is 1. The van der Waals surface area contributed by atoms with Crippen molar-refractivity contribution in [1.29, 1.82) is 0 Å². The summed E-state index contributed by atoms with van der Waals surface area (Å²) in [6.07, 6.45) is 2.77. The third-order valence-corrected chi connectivity index (χ3v) is 5.53. The molecule has 4 rings (SSSR count). The number of anilines is 3. The fraction of sp³-hybridized carbons (Fsp3) is 0.250. The molecule has 196 valence electrons. The van der Waals surface area contributed by atoms with Crippen molar-refractivity contribution >= 4 is 34.4 Å². The van der Waals surface area contributed by atoms with Crippen LogP contribution in [0.5, 0.6) is 5.75 Å². The smallest absolute Gasteiger partial charge is 0.279 e. The maximum Gasteiger partial charge on any atom is 0.279 e. The minimum absolute atomic E-state index is 0.292. The molecule has 0 unspecified atom stereocenters. The summed E-state index contributed by atoms with van der Waals surface area (Å²) in [5, 5.41) is 5.89. The first kappa shape index (κ1) is 26.5. The van der Waals surface area contributed by atoms with Crippen LogP contribution in [0.1, 0.15) is 26.5 Å². The van der Waals surface area contributed by atoms with Gasteiger partial charge in [0.15, 0.2) is 5.65 Å². The summed E-state index contributed by atoms with van der Waals surface area (Å²) >= 11 is 0. The molecule has 0 aliphatic carbocycles. The van der Waals surface area contributed by atoms with Crippen molar-refractivity contribution in [3.8, 4) is 11.4 Å². The van der Waals surface area contributed by atoms with Crippen LogP contribution in [0.15, 0.2) is 72.2 Å². The van der Waals surface area contributed by atoms with Gasteiger partial charge in [0.2, 0.25) is 11.9 Å². The summed E-state index contributed by atoms with van der Waals surface area (Å²) in [6, 6.07) is 14.3. The van der Waals surface area contributed by atoms with E-state index >= 15 is 0 Å². The molecule has 10 heteroatoms. The standard InChI is InChI=1S/C28H30N6O4/c1-6-23(35)30-19-8-7-9-20(16-19)34-25-22(32-24(26(34)36)28(2,3)4)17-29-27(33-25)31-18-10-12-21(13-11-18)38-15-14-37-5/h6-13,16-17H,1,14-15H2,2-5H3,(H,30,35)(H,29,31,33). The molecule has 2 heterocycles. The number of benzene rings is 2. The number of hydrogen-bond donors (Lipinski definition) is 2. The number of fused-ring (bicyclic) bond motifs is 1. The lowest BCUT2D eigenvalue weighted by atomic mass is 9.92. The third-order valence-electron chi connectivity index (χ3n) is 5.53. The summed E-state index contributed by atoms with van der Waals surface area (Å²) in [5.41, 5.74) is 2.11. The number of hydrogen-bond acceptors (Lipinski definition) is 8. The Morgan fingerprint density at radius 1 is 1.08 bits per heavy atom. The number of carbonyl (C=O) groups excluding carboxylic acids is 1. The Hall–Kier alpha value is -4.57. The van der Waals surface area contributed by atoms with Gasteiger partial charge >= 0.3 is 0 Å². The molecule has 0 spiro atoms. The summed E-state index contributed by atoms with van der Waals surface area (Å²) in [7, 11) is 1.62. The van der Waals surface area contributed by atoms with E-state index in [1.54, 1.807) is 37.6 Å². The predicted octanol–water partition coefficient (Wildman–Crippen LogP) is 4.37. The number of rotatable bonds is 9. The van der Waals surface area contributed by atoms with Crippen LogP contribution in [0, 0.1) is 0 Å². The van der Waals surface area contributed by atoms with Crippen LogP contribution in [-0.4, -0.2) is 45.7 Å². The molecular formula is C28H30N6O4. The van der Waals surface area contributed by atoms with Gasteiger partial charge in [0.25, 0.3) is 5.56 Å². The van der Waals surface area contributed by atoms with Crippen LogP contribution in [0.4, 0.5) is 17.3 Å². The maximum absolute atomic E-state index is 13.7. The molecule has 1 amide bonds. The first-order valence-electron chi connectivity index (χ1n) is 12.0. The van der Waals surface area contributed by atoms with Gasteiger partial charge in [-0.3, -0.25) is 14.2 Å². The second-order valence-electron chi connectivity index (χ2n) is 9.49. The Morgan fingerprint density at radius 2 is 1.84 bits per heavy atom. The first-order valence-corrected chi connectivity index (χ1v) is 12.0. The van der Waals surface area contributed by atoms with E-state index in [1.165, 1.54) is 10.6 Å². The van der Waals surface area contributed by atoms with Gasteiger partial charge in [0.05, 0.1) is 18.5 Å². The Balaban J connectivity index is 1.77. The van der Waals surface area contributed by atoms with Gasteiger partial charge in [-0.2, -0.15) is 4.98 Å². The quantitative estimate of drug-likeness (QED) is 0.250. The number of nitrogens with one attached hydrogen (secondary N) is 2. The molecule has 38 heavy (non-hydrogen) atoms. The van der Waals surface area contributed by atoms with Crippen molar-refractivity contribution in [3.63, 3.8) is 0 Å². The second-order valence-corrected chi connectivity index (χ2v) is 9.49. The molecular weight excluding hydrogens is 484 g/mol. The highest BCUT2D eigenvalue weighted by Crippen LogP contribution is 2.24. The summed E-state index contributed by atoms with van der Waals surface area (Å²) in [5.74, 6) is 0.650. The number of aromatic nitrogens is 4. The zero-order chi connectivity index (χ0) is 27.3. The van der Waals surface area contributed by atoms with Crippen LogP contribution >= 0.6 is 0 Å².